The van der Waals surface area contributed by atoms with E-state index in [1.165, 1.54) is 0 Å². The number of nitrogens with one attached hydrogen (secondary N) is 1. The molecule has 3 aromatic rings. The van der Waals surface area contributed by atoms with E-state index in [1.807, 2.05) is 47.3 Å². The van der Waals surface area contributed by atoms with Gasteiger partial charge in [-0.1, -0.05) is 12.1 Å². The summed E-state index contributed by atoms with van der Waals surface area (Å²) in [4.78, 5) is 20.8. The van der Waals surface area contributed by atoms with Crippen LogP contribution in [0.1, 0.15) is 17.3 Å². The number of benzene rings is 1. The predicted molar refractivity (Wildman–Crippen MR) is 87.9 cm³/mol. The summed E-state index contributed by atoms with van der Waals surface area (Å²) >= 11 is 1.65. The smallest absolute Gasteiger partial charge is 0.240 e. The first kappa shape index (κ1) is 14.7. The van der Waals surface area contributed by atoms with Crippen molar-refractivity contribution in [1.82, 2.24) is 19.9 Å². The van der Waals surface area contributed by atoms with Crippen LogP contribution in [-0.2, 0) is 17.8 Å². The lowest BCUT2D eigenvalue weighted by atomic mass is 10.3. The molecule has 2 aromatic heterocycles. The molecule has 0 saturated heterocycles. The minimum absolute atomic E-state index is 0.0189. The Balaban J connectivity index is 1.53. The molecule has 2 heterocycles. The first-order valence-electron chi connectivity index (χ1n) is 7.31. The van der Waals surface area contributed by atoms with Crippen LogP contribution in [0.3, 0.4) is 0 Å². The summed E-state index contributed by atoms with van der Waals surface area (Å²) in [6.45, 7) is 2.91. The molecule has 0 saturated carbocycles. The Labute approximate surface area is 133 Å². The number of para-hydroxylation sites is 2. The Kier molecular flexibility index (Phi) is 4.48. The van der Waals surface area contributed by atoms with Crippen molar-refractivity contribution >= 4 is 28.3 Å². The average Bonchev–Trinajstić information content (AvgIpc) is 3.13. The molecule has 5 nitrogen and oxygen atoms in total. The topological polar surface area (TPSA) is 59.8 Å². The number of carbonyl (C=O) groups excluding carboxylic acids is 1. The first-order chi connectivity index (χ1) is 10.7. The average molecular weight is 314 g/mol. The van der Waals surface area contributed by atoms with E-state index in [0.29, 0.717) is 13.1 Å². The third-order valence-electron chi connectivity index (χ3n) is 3.52. The lowest BCUT2D eigenvalue weighted by Crippen LogP contribution is -2.29. The minimum atomic E-state index is 0.0189. The van der Waals surface area contributed by atoms with Gasteiger partial charge in [0.15, 0.2) is 0 Å². The Bertz CT molecular complexity index is 764. The molecule has 114 valence electrons. The van der Waals surface area contributed by atoms with Crippen molar-refractivity contribution in [2.45, 2.75) is 26.3 Å². The van der Waals surface area contributed by atoms with E-state index in [2.05, 4.69) is 15.3 Å². The van der Waals surface area contributed by atoms with Crippen molar-refractivity contribution in [3.63, 3.8) is 0 Å². The summed E-state index contributed by atoms with van der Waals surface area (Å²) in [6.07, 6.45) is 3.62. The van der Waals surface area contributed by atoms with E-state index in [-0.39, 0.29) is 5.91 Å². The summed E-state index contributed by atoms with van der Waals surface area (Å²) in [5.74, 6) is 0.879. The summed E-state index contributed by atoms with van der Waals surface area (Å²) in [7, 11) is 0. The fraction of sp³-hybridized carbons (Fsp3) is 0.312. The maximum absolute atomic E-state index is 12.1. The van der Waals surface area contributed by atoms with Crippen LogP contribution in [0.4, 0.5) is 0 Å². The number of aromatic nitrogens is 3. The quantitative estimate of drug-likeness (QED) is 0.711. The van der Waals surface area contributed by atoms with Crippen molar-refractivity contribution in [3.8, 4) is 0 Å². The number of aryl methyl sites for hydroxylation is 2. The first-order valence-corrected chi connectivity index (χ1v) is 8.19. The van der Waals surface area contributed by atoms with Crippen LogP contribution < -0.4 is 5.32 Å². The number of rotatable bonds is 6. The van der Waals surface area contributed by atoms with Gasteiger partial charge in [0.25, 0.3) is 0 Å². The van der Waals surface area contributed by atoms with Crippen molar-refractivity contribution < 1.29 is 4.79 Å². The number of amides is 1. The summed E-state index contributed by atoms with van der Waals surface area (Å²) in [5.41, 5.74) is 1.93. The van der Waals surface area contributed by atoms with Gasteiger partial charge in [-0.15, -0.1) is 11.3 Å². The molecule has 0 bridgehead atoms. The molecule has 0 aliphatic rings. The van der Waals surface area contributed by atoms with Crippen LogP contribution in [-0.4, -0.2) is 27.0 Å². The molecule has 0 aliphatic heterocycles. The summed E-state index contributed by atoms with van der Waals surface area (Å²) < 4.78 is 1.95. The Morgan fingerprint density at radius 2 is 2.23 bits per heavy atom. The van der Waals surface area contributed by atoms with Gasteiger partial charge in [0, 0.05) is 24.5 Å². The number of thiazole rings is 1. The second kappa shape index (κ2) is 6.70. The van der Waals surface area contributed by atoms with Crippen LogP contribution in [0.2, 0.25) is 0 Å². The molecule has 0 radical (unpaired) electrons. The predicted octanol–water partition coefficient (Wildman–Crippen LogP) is 2.55. The van der Waals surface area contributed by atoms with E-state index in [9.17, 15) is 4.79 Å². The van der Waals surface area contributed by atoms with E-state index in [0.717, 1.165) is 34.7 Å². The molecule has 0 unspecified atom stereocenters. The Morgan fingerprint density at radius 1 is 1.36 bits per heavy atom. The van der Waals surface area contributed by atoms with Gasteiger partial charge in [0.1, 0.15) is 12.4 Å². The zero-order valence-electron chi connectivity index (χ0n) is 12.5. The van der Waals surface area contributed by atoms with E-state index >= 15 is 0 Å². The number of imidazole rings is 1. The summed E-state index contributed by atoms with van der Waals surface area (Å²) in [6, 6.07) is 7.87. The van der Waals surface area contributed by atoms with Crippen molar-refractivity contribution in [1.29, 1.82) is 0 Å². The van der Waals surface area contributed by atoms with Crippen LogP contribution in [0.5, 0.6) is 0 Å². The number of hydrogen-bond donors (Lipinski definition) is 1. The molecule has 0 fully saturated rings. The normalized spacial score (nSPS) is 11.0. The highest BCUT2D eigenvalue weighted by atomic mass is 32.1. The molecule has 3 rings (SSSR count). The molecule has 0 aliphatic carbocycles. The van der Waals surface area contributed by atoms with Gasteiger partial charge in [0.05, 0.1) is 16.0 Å². The number of carbonyl (C=O) groups is 1. The number of hydrogen-bond acceptors (Lipinski definition) is 4. The van der Waals surface area contributed by atoms with Gasteiger partial charge >= 0.3 is 0 Å². The van der Waals surface area contributed by atoms with E-state index < -0.39 is 0 Å². The monoisotopic (exact) mass is 314 g/mol. The second-order valence-corrected chi connectivity index (χ2v) is 6.09. The third kappa shape index (κ3) is 3.33. The highest BCUT2D eigenvalue weighted by molar-refractivity contribution is 7.09. The highest BCUT2D eigenvalue weighted by Gasteiger charge is 2.10. The summed E-state index contributed by atoms with van der Waals surface area (Å²) in [5, 5.41) is 6.05. The van der Waals surface area contributed by atoms with E-state index in [1.54, 1.807) is 11.3 Å². The highest BCUT2D eigenvalue weighted by Crippen LogP contribution is 2.15. The molecular formula is C16H18N4OS. The molecule has 6 heteroatoms. The van der Waals surface area contributed by atoms with Gasteiger partial charge in [0.2, 0.25) is 5.91 Å². The standard InChI is InChI=1S/C16H18N4OS/c1-12-19-13-5-2-3-6-14(13)20(12)11-15(21)17-8-4-7-16-18-9-10-22-16/h2-3,5-6,9-10H,4,7-8,11H2,1H3,(H,17,21). The SMILES string of the molecule is Cc1nc2ccccc2n1CC(=O)NCCCc1nccs1. The zero-order chi connectivity index (χ0) is 15.4. The lowest BCUT2D eigenvalue weighted by Gasteiger charge is -2.08. The zero-order valence-corrected chi connectivity index (χ0v) is 13.3. The fourth-order valence-corrected chi connectivity index (χ4v) is 3.10. The second-order valence-electron chi connectivity index (χ2n) is 5.11. The van der Waals surface area contributed by atoms with Crippen LogP contribution >= 0.6 is 11.3 Å². The molecular weight excluding hydrogens is 296 g/mol. The van der Waals surface area contributed by atoms with Gasteiger partial charge in [-0.05, 0) is 25.5 Å². The van der Waals surface area contributed by atoms with E-state index in [4.69, 9.17) is 0 Å². The molecule has 0 spiro atoms. The third-order valence-corrected chi connectivity index (χ3v) is 4.36. The number of fused-ring (bicyclic) bond motifs is 1. The van der Waals surface area contributed by atoms with Crippen molar-refractivity contribution in [2.75, 3.05) is 6.54 Å². The molecule has 1 aromatic carbocycles. The van der Waals surface area contributed by atoms with Crippen molar-refractivity contribution in [2.24, 2.45) is 0 Å². The van der Waals surface area contributed by atoms with Crippen LogP contribution in [0.25, 0.3) is 11.0 Å². The fourth-order valence-electron chi connectivity index (χ4n) is 2.44. The van der Waals surface area contributed by atoms with Gasteiger partial charge in [-0.2, -0.15) is 0 Å². The van der Waals surface area contributed by atoms with Gasteiger partial charge in [-0.25, -0.2) is 9.97 Å². The molecule has 1 N–H and O–H groups in total. The van der Waals surface area contributed by atoms with Crippen molar-refractivity contribution in [3.05, 3.63) is 46.7 Å². The minimum Gasteiger partial charge on any atom is -0.355 e. The lowest BCUT2D eigenvalue weighted by molar-refractivity contribution is -0.121. The van der Waals surface area contributed by atoms with Gasteiger partial charge < -0.3 is 9.88 Å². The largest absolute Gasteiger partial charge is 0.355 e. The molecule has 22 heavy (non-hydrogen) atoms. The Morgan fingerprint density at radius 3 is 3.05 bits per heavy atom. The molecule has 0 atom stereocenters. The van der Waals surface area contributed by atoms with Crippen LogP contribution in [0, 0.1) is 6.92 Å². The molecule has 1 amide bonds. The van der Waals surface area contributed by atoms with Crippen LogP contribution in [0.15, 0.2) is 35.8 Å². The maximum atomic E-state index is 12.1. The Hall–Kier alpha value is -2.21. The maximum Gasteiger partial charge on any atom is 0.240 e. The number of nitrogens with zero attached hydrogens (tertiary/aromatic N) is 3. The van der Waals surface area contributed by atoms with Gasteiger partial charge in [-0.3, -0.25) is 4.79 Å².